The molecule has 0 aliphatic heterocycles. The predicted octanol–water partition coefficient (Wildman–Crippen LogP) is 2.05. The van der Waals surface area contributed by atoms with Gasteiger partial charge in [-0.25, -0.2) is 0 Å². The van der Waals surface area contributed by atoms with Gasteiger partial charge in [0.25, 0.3) is 0 Å². The average molecular weight is 240 g/mol. The van der Waals surface area contributed by atoms with E-state index in [0.717, 1.165) is 17.9 Å². The van der Waals surface area contributed by atoms with E-state index in [9.17, 15) is 0 Å². The van der Waals surface area contributed by atoms with Gasteiger partial charge in [0.1, 0.15) is 0 Å². The molecule has 0 aromatic carbocycles. The molecule has 0 amide bonds. The second-order valence-electron chi connectivity index (χ2n) is 2.84. The van der Waals surface area contributed by atoms with Gasteiger partial charge in [-0.15, -0.1) is 0 Å². The Morgan fingerprint density at radius 2 is 1.77 bits per heavy atom. The minimum atomic E-state index is -2.36. The molecule has 0 aliphatic carbocycles. The summed E-state index contributed by atoms with van der Waals surface area (Å²) in [6.45, 7) is 0.934. The topological polar surface area (TPSA) is 101 Å². The standard InChI is InChI=1S/C5H12N.Ga.2N3/c1-4-5-6(2)3;;2*1-3-2/h1,4-5H2,2-3H3;;;/q;+2;2*-1. The summed E-state index contributed by atoms with van der Waals surface area (Å²) < 4.78 is 7.08. The first-order chi connectivity index (χ1) is 6.20. The Balaban J connectivity index is 3.82. The zero-order valence-corrected chi connectivity index (χ0v) is 10.3. The molecule has 0 saturated carbocycles. The molecule has 0 rings (SSSR count). The molecule has 0 aromatic heterocycles. The first-order valence-electron chi connectivity index (χ1n) is 3.94. The van der Waals surface area contributed by atoms with E-state index in [4.69, 9.17) is 11.1 Å². The van der Waals surface area contributed by atoms with Crippen LogP contribution >= 0.6 is 0 Å². The van der Waals surface area contributed by atoms with Gasteiger partial charge in [-0.3, -0.25) is 0 Å². The summed E-state index contributed by atoms with van der Waals surface area (Å²) in [5.74, 6) is 0. The van der Waals surface area contributed by atoms with E-state index in [1.807, 2.05) is 19.0 Å². The second-order valence-corrected chi connectivity index (χ2v) is 7.03. The van der Waals surface area contributed by atoms with Crippen molar-refractivity contribution in [1.82, 2.24) is 4.90 Å². The van der Waals surface area contributed by atoms with Crippen LogP contribution in [0.5, 0.6) is 0 Å². The molecule has 0 fully saturated rings. The van der Waals surface area contributed by atoms with Gasteiger partial charge in [0.05, 0.1) is 0 Å². The zero-order valence-electron chi connectivity index (χ0n) is 7.83. The van der Waals surface area contributed by atoms with E-state index in [1.54, 1.807) is 0 Å². The van der Waals surface area contributed by atoms with Crippen LogP contribution in [0, 0.1) is 0 Å². The van der Waals surface area contributed by atoms with Crippen LogP contribution in [0.3, 0.4) is 0 Å². The van der Waals surface area contributed by atoms with Crippen LogP contribution in [-0.4, -0.2) is 42.2 Å². The average Bonchev–Trinajstić information content (AvgIpc) is 2.04. The van der Waals surface area contributed by atoms with Crippen molar-refractivity contribution in [3.05, 3.63) is 20.9 Å². The summed E-state index contributed by atoms with van der Waals surface area (Å²) in [6, 6.07) is 0. The molecule has 0 atom stereocenters. The van der Waals surface area contributed by atoms with Gasteiger partial charge in [-0.05, 0) is 0 Å². The van der Waals surface area contributed by atoms with E-state index in [0.29, 0.717) is 0 Å². The Kier molecular flexibility index (Phi) is 7.37. The third-order valence-corrected chi connectivity index (χ3v) is 4.93. The molecule has 70 valence electrons. The molecule has 0 unspecified atom stereocenters. The fourth-order valence-electron chi connectivity index (χ4n) is 0.848. The summed E-state index contributed by atoms with van der Waals surface area (Å²) in [4.78, 5) is 8.19. The number of rotatable bonds is 6. The van der Waals surface area contributed by atoms with E-state index >= 15 is 0 Å². The van der Waals surface area contributed by atoms with Gasteiger partial charge >= 0.3 is 82.2 Å². The molecule has 7 nitrogen and oxygen atoms in total. The van der Waals surface area contributed by atoms with Crippen LogP contribution in [-0.2, 0) is 0 Å². The van der Waals surface area contributed by atoms with Crippen LogP contribution in [0.4, 0.5) is 0 Å². The fraction of sp³-hybridized carbons (Fsp3) is 1.00. The van der Waals surface area contributed by atoms with Crippen molar-refractivity contribution >= 4 is 16.7 Å². The van der Waals surface area contributed by atoms with Crippen molar-refractivity contribution in [1.29, 1.82) is 0 Å². The fourth-order valence-corrected chi connectivity index (χ4v) is 3.08. The summed E-state index contributed by atoms with van der Waals surface area (Å²) in [7, 11) is 3.95. The van der Waals surface area contributed by atoms with Gasteiger partial charge < -0.3 is 0 Å². The van der Waals surface area contributed by atoms with Crippen LogP contribution in [0.1, 0.15) is 6.42 Å². The van der Waals surface area contributed by atoms with Gasteiger partial charge in [-0.2, -0.15) is 0 Å². The van der Waals surface area contributed by atoms with E-state index in [1.165, 1.54) is 0 Å². The van der Waals surface area contributed by atoms with Crippen molar-refractivity contribution in [2.24, 2.45) is 7.64 Å². The second kappa shape index (κ2) is 7.84. The van der Waals surface area contributed by atoms with Gasteiger partial charge in [0.2, 0.25) is 0 Å². The normalized spacial score (nSPS) is 8.85. The number of hydrogen-bond donors (Lipinski definition) is 0. The minimum absolute atomic E-state index is 0.777. The summed E-state index contributed by atoms with van der Waals surface area (Å²) in [6.07, 6.45) is 0.926. The van der Waals surface area contributed by atoms with Gasteiger partial charge in [-0.1, -0.05) is 0 Å². The molecule has 0 N–H and O–H groups in total. The van der Waals surface area contributed by atoms with Crippen LogP contribution < -0.4 is 0 Å². The third-order valence-electron chi connectivity index (χ3n) is 1.44. The monoisotopic (exact) mass is 239 g/mol. The van der Waals surface area contributed by atoms with E-state index in [-0.39, 0.29) is 0 Å². The quantitative estimate of drug-likeness (QED) is 0.301. The molecule has 13 heavy (non-hydrogen) atoms. The van der Waals surface area contributed by atoms with Crippen molar-refractivity contribution in [2.45, 2.75) is 11.4 Å². The van der Waals surface area contributed by atoms with Crippen molar-refractivity contribution in [2.75, 3.05) is 20.6 Å². The number of nitrogens with zero attached hydrogens (tertiary/aromatic N) is 7. The Morgan fingerprint density at radius 3 is 2.15 bits per heavy atom. The molecule has 0 bridgehead atoms. The number of azide groups is 1. The van der Waals surface area contributed by atoms with Crippen LogP contribution in [0.15, 0.2) is 7.64 Å². The Bertz CT molecular complexity index is 209. The molecular formula is C5H12GaN7. The van der Waals surface area contributed by atoms with Crippen LogP contribution in [0.25, 0.3) is 20.9 Å². The van der Waals surface area contributed by atoms with E-state index < -0.39 is 16.7 Å². The molecule has 0 spiro atoms. The Hall–Kier alpha value is -0.784. The Labute approximate surface area is 82.5 Å². The summed E-state index contributed by atoms with van der Waals surface area (Å²) in [5.41, 5.74) is 16.4. The van der Waals surface area contributed by atoms with Gasteiger partial charge in [0, 0.05) is 0 Å². The predicted molar refractivity (Wildman–Crippen MR) is 52.0 cm³/mol. The third kappa shape index (κ3) is 7.57. The molecule has 0 saturated heterocycles. The van der Waals surface area contributed by atoms with Crippen molar-refractivity contribution < 1.29 is 0 Å². The zero-order chi connectivity index (χ0) is 10.1. The summed E-state index contributed by atoms with van der Waals surface area (Å²) in [5, 5.41) is 0. The molecule has 0 radical (unpaired) electrons. The molecule has 0 aliphatic rings. The maximum atomic E-state index is 8.18. The first-order valence-corrected chi connectivity index (χ1v) is 7.82. The summed E-state index contributed by atoms with van der Waals surface area (Å²) >= 11 is -2.36. The molecule has 8 heteroatoms. The molecule has 0 heterocycles. The molecular weight excluding hydrogens is 228 g/mol. The van der Waals surface area contributed by atoms with Crippen LogP contribution in [0.2, 0.25) is 4.98 Å². The van der Waals surface area contributed by atoms with E-state index in [2.05, 4.69) is 17.5 Å². The molecule has 0 aromatic rings. The van der Waals surface area contributed by atoms with Crippen molar-refractivity contribution in [3.8, 4) is 0 Å². The van der Waals surface area contributed by atoms with Crippen molar-refractivity contribution in [3.63, 3.8) is 0 Å². The van der Waals surface area contributed by atoms with Gasteiger partial charge in [0.15, 0.2) is 0 Å². The SMILES string of the molecule is CN(C)CC[CH2][Ga]([N]=[N+]=[N-])[N]=[N+]=[N-]. The number of hydrogen-bond acceptors (Lipinski definition) is 3. The Morgan fingerprint density at radius 1 is 1.23 bits per heavy atom. The maximum absolute atomic E-state index is 8.18. The first kappa shape index (κ1) is 12.2.